The molecule has 0 saturated heterocycles. The largest absolute Gasteiger partial charge is 0.466 e. The van der Waals surface area contributed by atoms with Gasteiger partial charge in [0, 0.05) is 5.56 Å². The van der Waals surface area contributed by atoms with Crippen LogP contribution in [0.1, 0.15) is 12.5 Å². The molecule has 88 valence electrons. The molecule has 0 bridgehead atoms. The van der Waals surface area contributed by atoms with Gasteiger partial charge in [-0.2, -0.15) is 0 Å². The van der Waals surface area contributed by atoms with E-state index >= 15 is 0 Å². The lowest BCUT2D eigenvalue weighted by atomic mass is 10.1. The number of carbonyl (C=O) groups excluding carboxylic acids is 1. The Labute approximate surface area is 98.5 Å². The molecule has 1 aromatic carbocycles. The molecule has 1 rings (SSSR count). The maximum Gasteiger partial charge on any atom is 0.310 e. The number of halogens is 4. The Balaban J connectivity index is 3.02. The van der Waals surface area contributed by atoms with Crippen molar-refractivity contribution in [1.29, 1.82) is 0 Å². The van der Waals surface area contributed by atoms with Crippen molar-refractivity contribution in [1.82, 2.24) is 0 Å². The van der Waals surface area contributed by atoms with Gasteiger partial charge in [-0.25, -0.2) is 13.2 Å². The van der Waals surface area contributed by atoms with Crippen LogP contribution in [0.4, 0.5) is 13.2 Å². The van der Waals surface area contributed by atoms with E-state index in [2.05, 4.69) is 20.7 Å². The summed E-state index contributed by atoms with van der Waals surface area (Å²) in [5, 5.41) is 0. The highest BCUT2D eigenvalue weighted by Gasteiger charge is 2.18. The van der Waals surface area contributed by atoms with E-state index < -0.39 is 34.3 Å². The fourth-order valence-corrected chi connectivity index (χ4v) is 1.56. The van der Waals surface area contributed by atoms with Crippen molar-refractivity contribution >= 4 is 21.9 Å². The lowest BCUT2D eigenvalue weighted by molar-refractivity contribution is -0.142. The Morgan fingerprint density at radius 1 is 1.38 bits per heavy atom. The fraction of sp³-hybridized carbons (Fsp3) is 0.300. The van der Waals surface area contributed by atoms with Crippen molar-refractivity contribution in [2.45, 2.75) is 13.3 Å². The summed E-state index contributed by atoms with van der Waals surface area (Å²) < 4.78 is 43.1. The number of ether oxygens (including phenoxy) is 1. The first-order valence-electron chi connectivity index (χ1n) is 4.44. The molecule has 2 nitrogen and oxygen atoms in total. The molecule has 16 heavy (non-hydrogen) atoms. The number of rotatable bonds is 3. The maximum absolute atomic E-state index is 13.4. The van der Waals surface area contributed by atoms with Gasteiger partial charge in [0.05, 0.1) is 17.5 Å². The van der Waals surface area contributed by atoms with Crippen LogP contribution in [0.15, 0.2) is 10.5 Å². The summed E-state index contributed by atoms with van der Waals surface area (Å²) in [5.74, 6) is -4.22. The Kier molecular flexibility index (Phi) is 4.35. The molecule has 0 heterocycles. The van der Waals surface area contributed by atoms with Crippen molar-refractivity contribution in [3.63, 3.8) is 0 Å². The molecule has 0 fully saturated rings. The third-order valence-electron chi connectivity index (χ3n) is 1.82. The Morgan fingerprint density at radius 3 is 2.56 bits per heavy atom. The highest BCUT2D eigenvalue weighted by Crippen LogP contribution is 2.25. The zero-order valence-corrected chi connectivity index (χ0v) is 9.91. The topological polar surface area (TPSA) is 26.3 Å². The van der Waals surface area contributed by atoms with E-state index in [1.807, 2.05) is 0 Å². The van der Waals surface area contributed by atoms with Gasteiger partial charge in [-0.3, -0.25) is 4.79 Å². The van der Waals surface area contributed by atoms with Gasteiger partial charge in [-0.1, -0.05) is 0 Å². The third kappa shape index (κ3) is 2.75. The van der Waals surface area contributed by atoms with Crippen LogP contribution in [-0.2, 0) is 16.0 Å². The van der Waals surface area contributed by atoms with Gasteiger partial charge in [0.15, 0.2) is 11.6 Å². The minimum absolute atomic E-state index is 0.144. The van der Waals surface area contributed by atoms with E-state index in [0.29, 0.717) is 6.07 Å². The summed E-state index contributed by atoms with van der Waals surface area (Å²) in [6.07, 6.45) is -0.435. The molecule has 0 amide bonds. The van der Waals surface area contributed by atoms with Gasteiger partial charge in [0.1, 0.15) is 5.82 Å². The van der Waals surface area contributed by atoms with Crippen LogP contribution in [0.25, 0.3) is 0 Å². The van der Waals surface area contributed by atoms with E-state index in [0.717, 1.165) is 0 Å². The summed E-state index contributed by atoms with van der Waals surface area (Å²) in [5.41, 5.74) is -0.246. The van der Waals surface area contributed by atoms with Crippen molar-refractivity contribution in [3.05, 3.63) is 33.6 Å². The average molecular weight is 297 g/mol. The standard InChI is InChI=1S/C10H8BrF3O2/c1-2-16-7(15)4-5-3-6(12)10(14)8(11)9(5)13/h3H,2,4H2,1H3. The smallest absolute Gasteiger partial charge is 0.310 e. The van der Waals surface area contributed by atoms with E-state index in [1.54, 1.807) is 6.92 Å². The molecule has 0 atom stereocenters. The minimum atomic E-state index is -1.31. The van der Waals surface area contributed by atoms with Gasteiger partial charge in [0.25, 0.3) is 0 Å². The molecule has 0 aromatic heterocycles. The Bertz CT molecular complexity index is 421. The molecule has 0 aliphatic carbocycles. The van der Waals surface area contributed by atoms with Crippen molar-refractivity contribution < 1.29 is 22.7 Å². The zero-order chi connectivity index (χ0) is 12.3. The second kappa shape index (κ2) is 5.34. The van der Waals surface area contributed by atoms with Crippen molar-refractivity contribution in [3.8, 4) is 0 Å². The van der Waals surface area contributed by atoms with Gasteiger partial charge in [-0.15, -0.1) is 0 Å². The Morgan fingerprint density at radius 2 is 2.00 bits per heavy atom. The fourth-order valence-electron chi connectivity index (χ4n) is 1.12. The second-order valence-electron chi connectivity index (χ2n) is 2.94. The first-order chi connectivity index (χ1) is 7.47. The normalized spacial score (nSPS) is 10.3. The zero-order valence-electron chi connectivity index (χ0n) is 8.32. The van der Waals surface area contributed by atoms with Crippen molar-refractivity contribution in [2.75, 3.05) is 6.61 Å². The molecule has 0 aliphatic rings. The number of hydrogen-bond acceptors (Lipinski definition) is 2. The lowest BCUT2D eigenvalue weighted by Gasteiger charge is -2.06. The van der Waals surface area contributed by atoms with E-state index in [9.17, 15) is 18.0 Å². The van der Waals surface area contributed by atoms with Gasteiger partial charge >= 0.3 is 5.97 Å². The number of esters is 1. The molecule has 0 spiro atoms. The van der Waals surface area contributed by atoms with E-state index in [4.69, 9.17) is 0 Å². The predicted octanol–water partition coefficient (Wildman–Crippen LogP) is 2.97. The van der Waals surface area contributed by atoms with Gasteiger partial charge in [-0.05, 0) is 28.9 Å². The lowest BCUT2D eigenvalue weighted by Crippen LogP contribution is -2.10. The summed E-state index contributed by atoms with van der Waals surface area (Å²) in [6.45, 7) is 1.74. The summed E-state index contributed by atoms with van der Waals surface area (Å²) in [4.78, 5) is 11.1. The quantitative estimate of drug-likeness (QED) is 0.487. The summed E-state index contributed by atoms with van der Waals surface area (Å²) in [7, 11) is 0. The first-order valence-corrected chi connectivity index (χ1v) is 5.24. The molecule has 0 aliphatic heterocycles. The van der Waals surface area contributed by atoms with Crippen LogP contribution >= 0.6 is 15.9 Å². The van der Waals surface area contributed by atoms with Crippen LogP contribution in [0.3, 0.4) is 0 Å². The van der Waals surface area contributed by atoms with Gasteiger partial charge < -0.3 is 4.74 Å². The maximum atomic E-state index is 13.4. The van der Waals surface area contributed by atoms with Crippen LogP contribution in [0, 0.1) is 17.5 Å². The molecule has 0 unspecified atom stereocenters. The summed E-state index contributed by atoms with van der Waals surface area (Å²) >= 11 is 2.57. The Hall–Kier alpha value is -1.04. The molecule has 0 radical (unpaired) electrons. The summed E-state index contributed by atoms with van der Waals surface area (Å²) in [6, 6.07) is 0.645. The van der Waals surface area contributed by atoms with Crippen LogP contribution in [0.5, 0.6) is 0 Å². The van der Waals surface area contributed by atoms with E-state index in [-0.39, 0.29) is 12.2 Å². The van der Waals surface area contributed by atoms with E-state index in [1.165, 1.54) is 0 Å². The highest BCUT2D eigenvalue weighted by atomic mass is 79.9. The van der Waals surface area contributed by atoms with Crippen LogP contribution in [-0.4, -0.2) is 12.6 Å². The number of hydrogen-bond donors (Lipinski definition) is 0. The number of benzene rings is 1. The first kappa shape index (κ1) is 13.0. The van der Waals surface area contributed by atoms with Crippen LogP contribution < -0.4 is 0 Å². The molecule has 0 N–H and O–H groups in total. The molecule has 6 heteroatoms. The van der Waals surface area contributed by atoms with Crippen molar-refractivity contribution in [2.24, 2.45) is 0 Å². The molecular weight excluding hydrogens is 289 g/mol. The highest BCUT2D eigenvalue weighted by molar-refractivity contribution is 9.10. The predicted molar refractivity (Wildman–Crippen MR) is 54.4 cm³/mol. The SMILES string of the molecule is CCOC(=O)Cc1cc(F)c(F)c(Br)c1F. The third-order valence-corrected chi connectivity index (χ3v) is 2.51. The second-order valence-corrected chi connectivity index (χ2v) is 3.73. The molecule has 1 aromatic rings. The monoisotopic (exact) mass is 296 g/mol. The van der Waals surface area contributed by atoms with Crippen LogP contribution in [0.2, 0.25) is 0 Å². The molecular formula is C10H8BrF3O2. The minimum Gasteiger partial charge on any atom is -0.466 e. The number of carbonyl (C=O) groups is 1. The average Bonchev–Trinajstić information content (AvgIpc) is 2.23. The molecule has 0 saturated carbocycles. The van der Waals surface area contributed by atoms with Gasteiger partial charge in [0.2, 0.25) is 0 Å².